The van der Waals surface area contributed by atoms with Crippen molar-refractivity contribution >= 4 is 44.5 Å². The smallest absolute Gasteiger partial charge is 0.270 e. The molecule has 1 aliphatic rings. The van der Waals surface area contributed by atoms with E-state index in [0.717, 1.165) is 16.7 Å². The fraction of sp³-hybridized carbons (Fsp3) is 0.192. The quantitative estimate of drug-likeness (QED) is 0.510. The first-order valence-corrected chi connectivity index (χ1v) is 12.5. The summed E-state index contributed by atoms with van der Waals surface area (Å²) in [5, 5.41) is 3.35. The number of nitrogens with zero attached hydrogens (tertiary/aromatic N) is 1. The van der Waals surface area contributed by atoms with Gasteiger partial charge in [0.25, 0.3) is 15.9 Å². The van der Waals surface area contributed by atoms with Crippen LogP contribution < -0.4 is 9.62 Å². The topological polar surface area (TPSA) is 66.5 Å². The van der Waals surface area contributed by atoms with E-state index in [4.69, 9.17) is 11.6 Å². The van der Waals surface area contributed by atoms with Crippen LogP contribution in [0.15, 0.2) is 65.6 Å². The average molecular weight is 481 g/mol. The summed E-state index contributed by atoms with van der Waals surface area (Å²) in [5.74, 6) is -0.673. The lowest BCUT2D eigenvalue weighted by molar-refractivity contribution is -0.112. The molecule has 1 heterocycles. The number of fused-ring (bicyclic) bond motifs is 1. The van der Waals surface area contributed by atoms with Crippen LogP contribution in [0.2, 0.25) is 5.02 Å². The Bertz CT molecular complexity index is 1370. The molecule has 0 aliphatic carbocycles. The van der Waals surface area contributed by atoms with Crippen molar-refractivity contribution in [3.63, 3.8) is 0 Å². The summed E-state index contributed by atoms with van der Waals surface area (Å²) in [4.78, 5) is 13.4. The molecule has 0 atom stereocenters. The molecule has 3 aromatic rings. The Morgan fingerprint density at radius 1 is 0.970 bits per heavy atom. The summed E-state index contributed by atoms with van der Waals surface area (Å²) in [6, 6.07) is 18.0. The number of halogens is 1. The largest absolute Gasteiger partial charge is 0.321 e. The maximum absolute atomic E-state index is 13.8. The van der Waals surface area contributed by atoms with Gasteiger partial charge in [-0.3, -0.25) is 9.10 Å². The highest BCUT2D eigenvalue weighted by molar-refractivity contribution is 7.97. The van der Waals surface area contributed by atoms with E-state index < -0.39 is 15.9 Å². The monoisotopic (exact) mass is 480 g/mol. The minimum Gasteiger partial charge on any atom is -0.321 e. The van der Waals surface area contributed by atoms with Crippen molar-refractivity contribution in [1.82, 2.24) is 0 Å². The molecule has 1 aliphatic heterocycles. The van der Waals surface area contributed by atoms with Gasteiger partial charge in [0.2, 0.25) is 0 Å². The Hall–Kier alpha value is -3.09. The first-order valence-electron chi connectivity index (χ1n) is 10.7. The van der Waals surface area contributed by atoms with Gasteiger partial charge >= 0.3 is 0 Å². The van der Waals surface area contributed by atoms with Gasteiger partial charge in [-0.1, -0.05) is 59.6 Å². The molecule has 1 amide bonds. The molecular weight excluding hydrogens is 456 g/mol. The van der Waals surface area contributed by atoms with E-state index in [9.17, 15) is 13.2 Å². The molecule has 33 heavy (non-hydrogen) atoms. The van der Waals surface area contributed by atoms with Crippen molar-refractivity contribution in [2.75, 3.05) is 16.2 Å². The second-order valence-corrected chi connectivity index (χ2v) is 10.4. The molecule has 170 valence electrons. The minimum atomic E-state index is -4.13. The Balaban J connectivity index is 2.01. The molecule has 1 N–H and O–H groups in total. The maximum Gasteiger partial charge on any atom is 0.270 e. The third-order valence-corrected chi connectivity index (χ3v) is 7.92. The molecule has 0 radical (unpaired) electrons. The normalized spacial score (nSPS) is 14.8. The second-order valence-electron chi connectivity index (χ2n) is 8.13. The van der Waals surface area contributed by atoms with E-state index in [0.29, 0.717) is 33.1 Å². The Kier molecular flexibility index (Phi) is 6.08. The summed E-state index contributed by atoms with van der Waals surface area (Å²) in [5.41, 5.74) is 5.49. The predicted molar refractivity (Wildman–Crippen MR) is 135 cm³/mol. The Morgan fingerprint density at radius 3 is 2.21 bits per heavy atom. The van der Waals surface area contributed by atoms with Crippen LogP contribution in [0.1, 0.15) is 34.7 Å². The van der Waals surface area contributed by atoms with Gasteiger partial charge in [-0.2, -0.15) is 0 Å². The second kappa shape index (κ2) is 8.69. The zero-order valence-electron chi connectivity index (χ0n) is 18.9. The van der Waals surface area contributed by atoms with Crippen LogP contribution in [-0.4, -0.2) is 20.9 Å². The number of hydrogen-bond donors (Lipinski definition) is 1. The molecule has 0 aromatic heterocycles. The first kappa shape index (κ1) is 23.1. The van der Waals surface area contributed by atoms with Crippen LogP contribution in [0, 0.1) is 20.8 Å². The average Bonchev–Trinajstić information content (AvgIpc) is 2.75. The van der Waals surface area contributed by atoms with Gasteiger partial charge < -0.3 is 5.32 Å². The van der Waals surface area contributed by atoms with Crippen LogP contribution in [0.3, 0.4) is 0 Å². The van der Waals surface area contributed by atoms with Crippen molar-refractivity contribution in [2.24, 2.45) is 0 Å². The molecule has 0 saturated carbocycles. The summed E-state index contributed by atoms with van der Waals surface area (Å²) in [7, 11) is -4.13. The zero-order valence-corrected chi connectivity index (χ0v) is 20.5. The van der Waals surface area contributed by atoms with Gasteiger partial charge in [0.05, 0.1) is 5.69 Å². The zero-order chi connectivity index (χ0) is 23.9. The number of anilines is 2. The molecule has 0 saturated heterocycles. The van der Waals surface area contributed by atoms with Crippen molar-refractivity contribution < 1.29 is 13.2 Å². The van der Waals surface area contributed by atoms with Crippen molar-refractivity contribution in [1.29, 1.82) is 0 Å². The highest BCUT2D eigenvalue weighted by Crippen LogP contribution is 2.44. The van der Waals surface area contributed by atoms with Gasteiger partial charge in [0.1, 0.15) is 0 Å². The molecular formula is C26H25ClN2O3S. The number of benzene rings is 3. The standard InChI is InChI=1S/C26H25ClN2O3S/c1-5-29-22-12-11-20(27)15-21(22)23(19-9-7-6-8-10-19)25(33(29,31)32)26(30)28-24-17(3)13-16(2)14-18(24)4/h6-15H,5H2,1-4H3,(H,28,30). The van der Waals surface area contributed by atoms with Gasteiger partial charge in [-0.15, -0.1) is 0 Å². The van der Waals surface area contributed by atoms with Crippen LogP contribution in [0.25, 0.3) is 5.57 Å². The highest BCUT2D eigenvalue weighted by Gasteiger charge is 2.41. The first-order chi connectivity index (χ1) is 15.6. The van der Waals surface area contributed by atoms with Crippen LogP contribution in [0.5, 0.6) is 0 Å². The van der Waals surface area contributed by atoms with Gasteiger partial charge in [0.15, 0.2) is 4.91 Å². The van der Waals surface area contributed by atoms with E-state index >= 15 is 0 Å². The molecule has 3 aromatic carbocycles. The van der Waals surface area contributed by atoms with Crippen molar-refractivity contribution in [3.8, 4) is 0 Å². The van der Waals surface area contributed by atoms with E-state index in [-0.39, 0.29) is 11.4 Å². The third kappa shape index (κ3) is 4.05. The number of nitrogens with one attached hydrogen (secondary N) is 1. The minimum absolute atomic E-state index is 0.179. The summed E-state index contributed by atoms with van der Waals surface area (Å²) < 4.78 is 28.9. The summed E-state index contributed by atoms with van der Waals surface area (Å²) in [6.07, 6.45) is 0. The lowest BCUT2D eigenvalue weighted by Crippen LogP contribution is -2.39. The molecule has 4 rings (SSSR count). The summed E-state index contributed by atoms with van der Waals surface area (Å²) >= 11 is 6.31. The molecule has 0 fully saturated rings. The van der Waals surface area contributed by atoms with Crippen molar-refractivity contribution in [2.45, 2.75) is 27.7 Å². The molecule has 0 spiro atoms. The molecule has 5 nitrogen and oxygen atoms in total. The number of aryl methyl sites for hydroxylation is 3. The van der Waals surface area contributed by atoms with Crippen LogP contribution in [0.4, 0.5) is 11.4 Å². The van der Waals surface area contributed by atoms with E-state index in [1.54, 1.807) is 37.3 Å². The fourth-order valence-corrected chi connectivity index (χ4v) is 6.35. The number of carbonyl (C=O) groups is 1. The lowest BCUT2D eigenvalue weighted by atomic mass is 9.95. The summed E-state index contributed by atoms with van der Waals surface area (Å²) in [6.45, 7) is 7.69. The van der Waals surface area contributed by atoms with Crippen LogP contribution >= 0.6 is 11.6 Å². The van der Waals surface area contributed by atoms with Crippen LogP contribution in [-0.2, 0) is 14.8 Å². The van der Waals surface area contributed by atoms with Crippen molar-refractivity contribution in [3.05, 3.63) is 98.4 Å². The van der Waals surface area contributed by atoms with E-state index in [2.05, 4.69) is 5.32 Å². The number of sulfonamides is 1. The van der Waals surface area contributed by atoms with Gasteiger partial charge in [-0.05, 0) is 62.6 Å². The predicted octanol–water partition coefficient (Wildman–Crippen LogP) is 5.83. The Morgan fingerprint density at radius 2 is 1.61 bits per heavy atom. The number of amides is 1. The Labute approximate surface area is 199 Å². The third-order valence-electron chi connectivity index (χ3n) is 5.74. The number of rotatable bonds is 4. The molecule has 0 bridgehead atoms. The maximum atomic E-state index is 13.8. The lowest BCUT2D eigenvalue weighted by Gasteiger charge is -2.33. The van der Waals surface area contributed by atoms with E-state index in [1.165, 1.54) is 4.31 Å². The molecule has 7 heteroatoms. The number of carbonyl (C=O) groups excluding carboxylic acids is 1. The van der Waals surface area contributed by atoms with E-state index in [1.807, 2.05) is 51.1 Å². The SMILES string of the molecule is CCN1c2ccc(Cl)cc2C(c2ccccc2)=C(C(=O)Nc2c(C)cc(C)cc2C)S1(=O)=O. The molecule has 0 unspecified atom stereocenters. The highest BCUT2D eigenvalue weighted by atomic mass is 35.5. The van der Waals surface area contributed by atoms with Gasteiger partial charge in [0, 0.05) is 28.4 Å². The van der Waals surface area contributed by atoms with Gasteiger partial charge in [-0.25, -0.2) is 8.42 Å². The number of hydrogen-bond acceptors (Lipinski definition) is 3. The fourth-order valence-electron chi connectivity index (χ4n) is 4.43.